The van der Waals surface area contributed by atoms with Crippen molar-refractivity contribution in [2.24, 2.45) is 0 Å². The van der Waals surface area contributed by atoms with Crippen molar-refractivity contribution in [1.29, 1.82) is 0 Å². The third-order valence-electron chi connectivity index (χ3n) is 3.30. The minimum absolute atomic E-state index is 0.0629. The van der Waals surface area contributed by atoms with Crippen LogP contribution in [-0.2, 0) is 14.3 Å². The summed E-state index contributed by atoms with van der Waals surface area (Å²) in [6.45, 7) is 1.44. The van der Waals surface area contributed by atoms with E-state index in [1.54, 1.807) is 29.6 Å². The Morgan fingerprint density at radius 1 is 1.43 bits per heavy atom. The fourth-order valence-corrected chi connectivity index (χ4v) is 2.82. The van der Waals surface area contributed by atoms with E-state index >= 15 is 0 Å². The van der Waals surface area contributed by atoms with Gasteiger partial charge in [0, 0.05) is 16.8 Å². The molecule has 1 amide bonds. The molecular weight excluding hydrogens is 379 g/mol. The van der Waals surface area contributed by atoms with Gasteiger partial charge in [0.2, 0.25) is 5.91 Å². The number of amides is 1. The van der Waals surface area contributed by atoms with Crippen molar-refractivity contribution in [1.82, 2.24) is 5.32 Å². The number of ether oxygens (including phenoxy) is 1. The van der Waals surface area contributed by atoms with Crippen LogP contribution in [0.25, 0.3) is 0 Å². The average Bonchev–Trinajstić information content (AvgIpc) is 2.45. The molecule has 124 valence electrons. The van der Waals surface area contributed by atoms with Gasteiger partial charge in [-0.3, -0.25) is 4.79 Å². The lowest BCUT2D eigenvalue weighted by Gasteiger charge is -2.28. The Balaban J connectivity index is 2.62. The molecule has 0 unspecified atom stereocenters. The maximum absolute atomic E-state index is 13.2. The van der Waals surface area contributed by atoms with Crippen LogP contribution in [0.15, 0.2) is 40.0 Å². The van der Waals surface area contributed by atoms with Crippen molar-refractivity contribution in [2.75, 3.05) is 6.61 Å². The molecule has 0 radical (unpaired) electrons. The number of hydrogen-bond donors (Lipinski definition) is 1. The predicted octanol–water partition coefficient (Wildman–Crippen LogP) is 3.43. The Hall–Kier alpha value is -1.83. The van der Waals surface area contributed by atoms with Gasteiger partial charge in [0.15, 0.2) is 0 Å². The Bertz CT molecular complexity index is 670. The zero-order chi connectivity index (χ0) is 17.2. The Morgan fingerprint density at radius 3 is 2.70 bits per heavy atom. The van der Waals surface area contributed by atoms with Gasteiger partial charge in [-0.25, -0.2) is 4.79 Å². The first-order chi connectivity index (χ1) is 10.7. The van der Waals surface area contributed by atoms with Gasteiger partial charge in [-0.05, 0) is 24.6 Å². The molecule has 1 aliphatic heterocycles. The lowest BCUT2D eigenvalue weighted by Crippen LogP contribution is -2.41. The summed E-state index contributed by atoms with van der Waals surface area (Å²) in [4.78, 5) is 23.8. The van der Waals surface area contributed by atoms with Gasteiger partial charge < -0.3 is 10.1 Å². The Kier molecular flexibility index (Phi) is 5.13. The molecule has 1 aliphatic rings. The highest BCUT2D eigenvalue weighted by Crippen LogP contribution is 2.39. The van der Waals surface area contributed by atoms with E-state index in [0.29, 0.717) is 10.0 Å². The average molecular weight is 392 g/mol. The first kappa shape index (κ1) is 17.5. The largest absolute Gasteiger partial charge is 0.463 e. The zero-order valence-electron chi connectivity index (χ0n) is 12.0. The van der Waals surface area contributed by atoms with Gasteiger partial charge in [-0.15, -0.1) is 0 Å². The molecule has 8 heteroatoms. The molecule has 0 fully saturated rings. The van der Waals surface area contributed by atoms with E-state index < -0.39 is 35.2 Å². The number of halogens is 4. The molecule has 23 heavy (non-hydrogen) atoms. The second-order valence-corrected chi connectivity index (χ2v) is 5.78. The molecule has 1 atom stereocenters. The molecule has 1 heterocycles. The van der Waals surface area contributed by atoms with Crippen LogP contribution in [0.4, 0.5) is 13.2 Å². The van der Waals surface area contributed by atoms with Crippen molar-refractivity contribution in [3.8, 4) is 0 Å². The first-order valence-electron chi connectivity index (χ1n) is 6.77. The molecule has 4 nitrogen and oxygen atoms in total. The molecule has 0 aliphatic carbocycles. The van der Waals surface area contributed by atoms with Crippen molar-refractivity contribution >= 4 is 27.8 Å². The number of alkyl halides is 3. The van der Waals surface area contributed by atoms with Gasteiger partial charge in [0.05, 0.1) is 12.2 Å². The van der Waals surface area contributed by atoms with Crippen LogP contribution in [0.3, 0.4) is 0 Å². The summed E-state index contributed by atoms with van der Waals surface area (Å²) < 4.78 is 45.1. The van der Waals surface area contributed by atoms with Crippen LogP contribution in [0.1, 0.15) is 24.8 Å². The molecule has 0 bridgehead atoms. The predicted molar refractivity (Wildman–Crippen MR) is 79.4 cm³/mol. The summed E-state index contributed by atoms with van der Waals surface area (Å²) in [5.41, 5.74) is -1.49. The Labute approximate surface area is 138 Å². The van der Waals surface area contributed by atoms with Crippen LogP contribution in [-0.4, -0.2) is 24.7 Å². The molecule has 0 spiro atoms. The summed E-state index contributed by atoms with van der Waals surface area (Å²) in [5, 5.41) is 1.76. The summed E-state index contributed by atoms with van der Waals surface area (Å²) in [7, 11) is 0. The summed E-state index contributed by atoms with van der Waals surface area (Å²) in [5.74, 6) is -2.89. The van der Waals surface area contributed by atoms with Crippen molar-refractivity contribution < 1.29 is 27.5 Å². The van der Waals surface area contributed by atoms with Gasteiger partial charge in [-0.2, -0.15) is 13.2 Å². The van der Waals surface area contributed by atoms with E-state index in [1.807, 2.05) is 0 Å². The fraction of sp³-hybridized carbons (Fsp3) is 0.333. The molecule has 1 aromatic carbocycles. The summed E-state index contributed by atoms with van der Waals surface area (Å²) in [6, 6.07) is 6.48. The second-order valence-electron chi connectivity index (χ2n) is 4.87. The van der Waals surface area contributed by atoms with E-state index in [-0.39, 0.29) is 13.0 Å². The van der Waals surface area contributed by atoms with Crippen LogP contribution in [0.5, 0.6) is 0 Å². The van der Waals surface area contributed by atoms with E-state index in [2.05, 4.69) is 15.9 Å². The number of benzene rings is 1. The minimum atomic E-state index is -4.86. The normalized spacial score (nSPS) is 18.7. The number of rotatable bonds is 3. The highest BCUT2D eigenvalue weighted by molar-refractivity contribution is 9.10. The van der Waals surface area contributed by atoms with Crippen LogP contribution >= 0.6 is 15.9 Å². The van der Waals surface area contributed by atoms with Crippen molar-refractivity contribution in [3.05, 3.63) is 45.6 Å². The van der Waals surface area contributed by atoms with Gasteiger partial charge in [0.25, 0.3) is 0 Å². The molecular formula is C15H13BrF3NO3. The number of allylic oxidation sites excluding steroid dienone is 1. The fourth-order valence-electron chi connectivity index (χ4n) is 2.40. The molecule has 2 rings (SSSR count). The molecule has 1 aromatic rings. The summed E-state index contributed by atoms with van der Waals surface area (Å²) >= 11 is 3.23. The zero-order valence-corrected chi connectivity index (χ0v) is 13.6. The van der Waals surface area contributed by atoms with E-state index in [1.165, 1.54) is 6.92 Å². The third-order valence-corrected chi connectivity index (χ3v) is 3.79. The SMILES string of the molecule is CCOC(=O)C1=C(C(F)(F)F)NC(=O)C[C@H]1c1cccc(Br)c1. The standard InChI is InChI=1S/C15H13BrF3NO3/c1-2-23-14(22)12-10(8-4-3-5-9(16)6-8)7-11(21)20-13(12)15(17,18)19/h3-6,10H,2,7H2,1H3,(H,20,21)/t10-/m0/s1. The lowest BCUT2D eigenvalue weighted by molar-refractivity contribution is -0.142. The number of hydrogen-bond acceptors (Lipinski definition) is 3. The number of carbonyl (C=O) groups is 2. The van der Waals surface area contributed by atoms with Gasteiger partial charge >= 0.3 is 12.1 Å². The summed E-state index contributed by atoms with van der Waals surface area (Å²) in [6.07, 6.45) is -5.12. The van der Waals surface area contributed by atoms with Gasteiger partial charge in [-0.1, -0.05) is 28.1 Å². The van der Waals surface area contributed by atoms with Crippen LogP contribution < -0.4 is 5.32 Å². The quantitative estimate of drug-likeness (QED) is 0.803. The maximum Gasteiger partial charge on any atom is 0.431 e. The Morgan fingerprint density at radius 2 is 2.13 bits per heavy atom. The monoisotopic (exact) mass is 391 g/mol. The third kappa shape index (κ3) is 3.93. The van der Waals surface area contributed by atoms with E-state index in [4.69, 9.17) is 4.74 Å². The smallest absolute Gasteiger partial charge is 0.431 e. The molecule has 0 saturated heterocycles. The van der Waals surface area contributed by atoms with E-state index in [9.17, 15) is 22.8 Å². The number of esters is 1. The topological polar surface area (TPSA) is 55.4 Å². The lowest BCUT2D eigenvalue weighted by atomic mass is 9.84. The van der Waals surface area contributed by atoms with Crippen LogP contribution in [0, 0.1) is 0 Å². The molecule has 0 aromatic heterocycles. The van der Waals surface area contributed by atoms with Crippen molar-refractivity contribution in [3.63, 3.8) is 0 Å². The van der Waals surface area contributed by atoms with Gasteiger partial charge in [0.1, 0.15) is 5.70 Å². The highest BCUT2D eigenvalue weighted by atomic mass is 79.9. The first-order valence-corrected chi connectivity index (χ1v) is 7.57. The second kappa shape index (κ2) is 6.74. The number of carbonyl (C=O) groups excluding carboxylic acids is 2. The highest BCUT2D eigenvalue weighted by Gasteiger charge is 2.45. The van der Waals surface area contributed by atoms with Crippen molar-refractivity contribution in [2.45, 2.75) is 25.4 Å². The molecule has 1 N–H and O–H groups in total. The van der Waals surface area contributed by atoms with E-state index in [0.717, 1.165) is 0 Å². The van der Waals surface area contributed by atoms with Crippen LogP contribution in [0.2, 0.25) is 0 Å². The molecule has 0 saturated carbocycles. The maximum atomic E-state index is 13.2. The number of nitrogens with one attached hydrogen (secondary N) is 1. The minimum Gasteiger partial charge on any atom is -0.463 e.